The van der Waals surface area contributed by atoms with E-state index in [0.717, 1.165) is 21.0 Å². The number of nitrogens with one attached hydrogen (secondary N) is 1. The zero-order valence-electron chi connectivity index (χ0n) is 16.7. The van der Waals surface area contributed by atoms with Crippen molar-refractivity contribution in [1.82, 2.24) is 14.8 Å². The minimum absolute atomic E-state index is 0.187. The smallest absolute Gasteiger partial charge is 0.291 e. The number of aromatic nitrogens is 3. The van der Waals surface area contributed by atoms with E-state index in [1.54, 1.807) is 29.2 Å². The monoisotopic (exact) mass is 488 g/mol. The molecule has 0 bridgehead atoms. The lowest BCUT2D eigenvalue weighted by Gasteiger charge is -2.10. The molecule has 0 unspecified atom stereocenters. The van der Waals surface area contributed by atoms with Crippen LogP contribution in [0.15, 0.2) is 94.3 Å². The zero-order chi connectivity index (χ0) is 21.9. The number of furan rings is 1. The van der Waals surface area contributed by atoms with Crippen molar-refractivity contribution >= 4 is 38.3 Å². The van der Waals surface area contributed by atoms with Gasteiger partial charge in [-0.15, -0.1) is 0 Å². The first-order valence-corrected chi connectivity index (χ1v) is 10.6. The summed E-state index contributed by atoms with van der Waals surface area (Å²) >= 11 is 3.43. The fourth-order valence-corrected chi connectivity index (χ4v) is 3.67. The highest BCUT2D eigenvalue weighted by Gasteiger charge is 2.15. The van der Waals surface area contributed by atoms with Crippen LogP contribution >= 0.6 is 15.9 Å². The number of hydrogen-bond donors (Lipinski definition) is 1. The number of benzene rings is 3. The molecular weight excluding hydrogens is 472 g/mol. The van der Waals surface area contributed by atoms with Gasteiger partial charge < -0.3 is 14.5 Å². The molecule has 0 aliphatic carbocycles. The number of halogens is 1. The molecule has 0 aliphatic heterocycles. The first kappa shape index (κ1) is 20.0. The van der Waals surface area contributed by atoms with E-state index in [1.807, 2.05) is 48.5 Å². The second kappa shape index (κ2) is 8.68. The normalized spacial score (nSPS) is 10.9. The van der Waals surface area contributed by atoms with Crippen LogP contribution in [0.1, 0.15) is 16.3 Å². The summed E-state index contributed by atoms with van der Waals surface area (Å²) in [5.74, 6) is 1.10. The summed E-state index contributed by atoms with van der Waals surface area (Å²) in [7, 11) is 0. The second-order valence-corrected chi connectivity index (χ2v) is 7.93. The van der Waals surface area contributed by atoms with Crippen LogP contribution in [0.25, 0.3) is 16.5 Å². The lowest BCUT2D eigenvalue weighted by molar-refractivity contribution is 0.0992. The second-order valence-electron chi connectivity index (χ2n) is 7.02. The third kappa shape index (κ3) is 4.26. The highest BCUT2D eigenvalue weighted by Crippen LogP contribution is 2.26. The van der Waals surface area contributed by atoms with Gasteiger partial charge in [0.05, 0.1) is 11.4 Å². The van der Waals surface area contributed by atoms with Gasteiger partial charge in [-0.05, 0) is 53.2 Å². The fraction of sp³-hybridized carbons (Fsp3) is 0.0417. The van der Waals surface area contributed by atoms with Crippen LogP contribution < -0.4 is 10.1 Å². The standard InChI is InChI=1S/C24H17BrN4O3/c25-18-6-9-22(29-15-26-14-27-29)21(12-18)28-24(30)23-10-8-20(32-23)13-31-19-7-5-16-3-1-2-4-17(16)11-19/h1-12,14-15H,13H2,(H,28,30). The van der Waals surface area contributed by atoms with E-state index in [9.17, 15) is 4.79 Å². The molecule has 0 radical (unpaired) electrons. The van der Waals surface area contributed by atoms with E-state index in [1.165, 1.54) is 6.33 Å². The molecule has 3 aromatic carbocycles. The predicted molar refractivity (Wildman–Crippen MR) is 124 cm³/mol. The van der Waals surface area contributed by atoms with Crippen molar-refractivity contribution in [1.29, 1.82) is 0 Å². The summed E-state index contributed by atoms with van der Waals surface area (Å²) in [6.07, 6.45) is 3.00. The maximum Gasteiger partial charge on any atom is 0.291 e. The molecule has 2 aromatic heterocycles. The highest BCUT2D eigenvalue weighted by molar-refractivity contribution is 9.10. The molecule has 0 atom stereocenters. The van der Waals surface area contributed by atoms with Gasteiger partial charge in [0.15, 0.2) is 5.76 Å². The molecule has 5 rings (SSSR count). The number of ether oxygens (including phenoxy) is 1. The Labute approximate surface area is 191 Å². The van der Waals surface area contributed by atoms with Crippen LogP contribution in [0.5, 0.6) is 5.75 Å². The molecule has 158 valence electrons. The van der Waals surface area contributed by atoms with Crippen LogP contribution in [0.4, 0.5) is 5.69 Å². The van der Waals surface area contributed by atoms with Crippen molar-refractivity contribution in [3.05, 3.63) is 101 Å². The Morgan fingerprint density at radius 3 is 2.75 bits per heavy atom. The van der Waals surface area contributed by atoms with Gasteiger partial charge in [0.2, 0.25) is 0 Å². The average Bonchev–Trinajstić information content (AvgIpc) is 3.50. The number of nitrogens with zero attached hydrogens (tertiary/aromatic N) is 3. The van der Waals surface area contributed by atoms with E-state index in [-0.39, 0.29) is 18.3 Å². The molecule has 0 saturated carbocycles. The third-order valence-corrected chi connectivity index (χ3v) is 5.35. The van der Waals surface area contributed by atoms with Gasteiger partial charge in [0.25, 0.3) is 5.91 Å². The largest absolute Gasteiger partial charge is 0.486 e. The molecule has 0 fully saturated rings. The van der Waals surface area contributed by atoms with Crippen LogP contribution in [0.2, 0.25) is 0 Å². The van der Waals surface area contributed by atoms with Gasteiger partial charge in [-0.3, -0.25) is 4.79 Å². The molecule has 2 heterocycles. The summed E-state index contributed by atoms with van der Waals surface area (Å²) in [6, 6.07) is 22.8. The molecule has 1 amide bonds. The number of hydrogen-bond acceptors (Lipinski definition) is 5. The highest BCUT2D eigenvalue weighted by atomic mass is 79.9. The Morgan fingerprint density at radius 1 is 1.03 bits per heavy atom. The van der Waals surface area contributed by atoms with Crippen LogP contribution in [0, 0.1) is 0 Å². The number of carbonyl (C=O) groups is 1. The summed E-state index contributed by atoms with van der Waals surface area (Å²) in [5.41, 5.74) is 1.26. The van der Waals surface area contributed by atoms with Gasteiger partial charge in [0.1, 0.15) is 30.8 Å². The minimum Gasteiger partial charge on any atom is -0.486 e. The third-order valence-electron chi connectivity index (χ3n) is 4.86. The van der Waals surface area contributed by atoms with Gasteiger partial charge in [-0.1, -0.05) is 46.3 Å². The topological polar surface area (TPSA) is 82.2 Å². The molecule has 0 saturated heterocycles. The van der Waals surface area contributed by atoms with Gasteiger partial charge in [-0.25, -0.2) is 9.67 Å². The SMILES string of the molecule is O=C(Nc1cc(Br)ccc1-n1cncn1)c1ccc(COc2ccc3ccccc3c2)o1. The van der Waals surface area contributed by atoms with Gasteiger partial charge in [-0.2, -0.15) is 5.10 Å². The molecule has 7 nitrogen and oxygen atoms in total. The molecule has 0 spiro atoms. The predicted octanol–water partition coefficient (Wildman–Crippen LogP) is 5.61. The summed E-state index contributed by atoms with van der Waals surface area (Å²) in [5, 5.41) is 9.25. The summed E-state index contributed by atoms with van der Waals surface area (Å²) < 4.78 is 13.9. The molecule has 5 aromatic rings. The lowest BCUT2D eigenvalue weighted by Crippen LogP contribution is -2.13. The fourth-order valence-electron chi connectivity index (χ4n) is 3.31. The van der Waals surface area contributed by atoms with Crippen molar-refractivity contribution < 1.29 is 13.9 Å². The number of amides is 1. The quantitative estimate of drug-likeness (QED) is 0.336. The number of carbonyl (C=O) groups excluding carboxylic acids is 1. The number of rotatable bonds is 6. The van der Waals surface area contributed by atoms with Crippen LogP contribution in [-0.2, 0) is 6.61 Å². The number of anilines is 1. The molecule has 32 heavy (non-hydrogen) atoms. The summed E-state index contributed by atoms with van der Waals surface area (Å²) in [4.78, 5) is 16.7. The van der Waals surface area contributed by atoms with E-state index in [2.05, 4.69) is 37.4 Å². The molecule has 0 aliphatic rings. The van der Waals surface area contributed by atoms with Crippen molar-refractivity contribution in [2.45, 2.75) is 6.61 Å². The summed E-state index contributed by atoms with van der Waals surface area (Å²) in [6.45, 7) is 0.215. The molecule has 8 heteroatoms. The van der Waals surface area contributed by atoms with Crippen LogP contribution in [-0.4, -0.2) is 20.7 Å². The van der Waals surface area contributed by atoms with Crippen molar-refractivity contribution in [2.75, 3.05) is 5.32 Å². The molecule has 1 N–H and O–H groups in total. The van der Waals surface area contributed by atoms with E-state index in [4.69, 9.17) is 9.15 Å². The van der Waals surface area contributed by atoms with Gasteiger partial charge in [0, 0.05) is 4.47 Å². The lowest BCUT2D eigenvalue weighted by atomic mass is 10.1. The Balaban J connectivity index is 1.28. The van der Waals surface area contributed by atoms with Crippen molar-refractivity contribution in [2.24, 2.45) is 0 Å². The Kier molecular flexibility index (Phi) is 5.43. The Bertz CT molecular complexity index is 1400. The van der Waals surface area contributed by atoms with Crippen LogP contribution in [0.3, 0.4) is 0 Å². The maximum absolute atomic E-state index is 12.8. The van der Waals surface area contributed by atoms with E-state index < -0.39 is 0 Å². The molecular formula is C24H17BrN4O3. The Hall–Kier alpha value is -3.91. The zero-order valence-corrected chi connectivity index (χ0v) is 18.3. The van der Waals surface area contributed by atoms with Crippen molar-refractivity contribution in [3.63, 3.8) is 0 Å². The maximum atomic E-state index is 12.8. The minimum atomic E-state index is -0.374. The first-order valence-electron chi connectivity index (χ1n) is 9.82. The van der Waals surface area contributed by atoms with E-state index >= 15 is 0 Å². The van der Waals surface area contributed by atoms with Crippen molar-refractivity contribution in [3.8, 4) is 11.4 Å². The van der Waals surface area contributed by atoms with Gasteiger partial charge >= 0.3 is 0 Å². The number of fused-ring (bicyclic) bond motifs is 1. The first-order chi connectivity index (χ1) is 15.7. The average molecular weight is 489 g/mol. The Morgan fingerprint density at radius 2 is 1.91 bits per heavy atom. The van der Waals surface area contributed by atoms with E-state index in [0.29, 0.717) is 17.1 Å².